The number of benzene rings is 1. The number of aromatic hydroxyl groups is 2. The normalized spacial score (nSPS) is 11.2. The molecule has 18 heavy (non-hydrogen) atoms. The number of carbonyl (C=O) groups excluding carboxylic acids is 1. The summed E-state index contributed by atoms with van der Waals surface area (Å²) in [5.74, 6) is -1.21. The zero-order chi connectivity index (χ0) is 13.5. The molecule has 7 heteroatoms. The van der Waals surface area contributed by atoms with Crippen molar-refractivity contribution in [2.45, 2.75) is 12.8 Å². The summed E-state index contributed by atoms with van der Waals surface area (Å²) in [6.07, 6.45) is 0.851. The van der Waals surface area contributed by atoms with Crippen LogP contribution in [0.15, 0.2) is 23.4 Å². The van der Waals surface area contributed by atoms with E-state index in [0.717, 1.165) is 0 Å². The standard InChI is InChI=1S/C11H15N3O4/c12-9(14-18)5-2-6-13-11(17)7-3-1-4-8(15)10(7)16/h1,3-4,15-16,18H,2,5-6H2,(H2,12,14)(H,13,17). The fraction of sp³-hybridized carbons (Fsp3) is 0.273. The van der Waals surface area contributed by atoms with Crippen LogP contribution in [-0.2, 0) is 0 Å². The highest BCUT2D eigenvalue weighted by atomic mass is 16.4. The van der Waals surface area contributed by atoms with Crippen LogP contribution in [0.1, 0.15) is 23.2 Å². The van der Waals surface area contributed by atoms with Crippen molar-refractivity contribution in [3.8, 4) is 11.5 Å². The van der Waals surface area contributed by atoms with E-state index in [1.807, 2.05) is 0 Å². The van der Waals surface area contributed by atoms with Crippen LogP contribution < -0.4 is 11.1 Å². The first-order valence-corrected chi connectivity index (χ1v) is 5.31. The summed E-state index contributed by atoms with van der Waals surface area (Å²) in [7, 11) is 0. The molecule has 6 N–H and O–H groups in total. The maximum Gasteiger partial charge on any atom is 0.255 e. The van der Waals surface area contributed by atoms with Gasteiger partial charge in [0.1, 0.15) is 5.84 Å². The predicted octanol–water partition coefficient (Wildman–Crippen LogP) is 0.354. The fourth-order valence-electron chi connectivity index (χ4n) is 1.33. The fourth-order valence-corrected chi connectivity index (χ4v) is 1.33. The first kappa shape index (κ1) is 13.6. The zero-order valence-corrected chi connectivity index (χ0v) is 9.63. The molecule has 0 saturated heterocycles. The third kappa shape index (κ3) is 3.55. The highest BCUT2D eigenvalue weighted by molar-refractivity contribution is 5.97. The van der Waals surface area contributed by atoms with Crippen molar-refractivity contribution in [3.05, 3.63) is 23.8 Å². The minimum atomic E-state index is -0.497. The van der Waals surface area contributed by atoms with Gasteiger partial charge in [0.25, 0.3) is 5.91 Å². The van der Waals surface area contributed by atoms with Gasteiger partial charge < -0.3 is 26.5 Å². The Balaban J connectivity index is 2.49. The van der Waals surface area contributed by atoms with Crippen LogP contribution in [0.3, 0.4) is 0 Å². The van der Waals surface area contributed by atoms with Crippen LogP contribution in [0.5, 0.6) is 11.5 Å². The van der Waals surface area contributed by atoms with Crippen LogP contribution >= 0.6 is 0 Å². The zero-order valence-electron chi connectivity index (χ0n) is 9.63. The van der Waals surface area contributed by atoms with Gasteiger partial charge in [-0.25, -0.2) is 0 Å². The Labute approximate surface area is 104 Å². The van der Waals surface area contributed by atoms with Gasteiger partial charge in [0.15, 0.2) is 11.5 Å². The molecule has 0 aromatic heterocycles. The molecular formula is C11H15N3O4. The van der Waals surface area contributed by atoms with Gasteiger partial charge in [-0.05, 0) is 18.6 Å². The van der Waals surface area contributed by atoms with E-state index in [4.69, 9.17) is 10.9 Å². The molecule has 0 bridgehead atoms. The summed E-state index contributed by atoms with van der Waals surface area (Å²) in [6.45, 7) is 0.310. The Bertz CT molecular complexity index is 460. The number of carbonyl (C=O) groups is 1. The predicted molar refractivity (Wildman–Crippen MR) is 64.7 cm³/mol. The topological polar surface area (TPSA) is 128 Å². The van der Waals surface area contributed by atoms with E-state index in [1.54, 1.807) is 0 Å². The molecule has 0 saturated carbocycles. The molecule has 1 amide bonds. The van der Waals surface area contributed by atoms with Gasteiger partial charge in [0, 0.05) is 13.0 Å². The molecule has 0 aliphatic heterocycles. The number of phenols is 2. The number of nitrogens with zero attached hydrogens (tertiary/aromatic N) is 1. The summed E-state index contributed by atoms with van der Waals surface area (Å²) >= 11 is 0. The molecule has 7 nitrogen and oxygen atoms in total. The summed E-state index contributed by atoms with van der Waals surface area (Å²) in [5, 5.41) is 32.3. The third-order valence-corrected chi connectivity index (χ3v) is 2.28. The highest BCUT2D eigenvalue weighted by Crippen LogP contribution is 2.27. The molecule has 0 radical (unpaired) electrons. The molecule has 0 aliphatic carbocycles. The first-order chi connectivity index (χ1) is 8.56. The summed E-state index contributed by atoms with van der Waals surface area (Å²) in [4.78, 5) is 11.6. The molecule has 0 spiro atoms. The molecule has 0 atom stereocenters. The molecule has 0 fully saturated rings. The van der Waals surface area contributed by atoms with Crippen molar-refractivity contribution < 1.29 is 20.2 Å². The average molecular weight is 253 g/mol. The van der Waals surface area contributed by atoms with E-state index in [0.29, 0.717) is 19.4 Å². The van der Waals surface area contributed by atoms with Gasteiger partial charge in [0.05, 0.1) is 5.56 Å². The van der Waals surface area contributed by atoms with Gasteiger partial charge in [0.2, 0.25) is 0 Å². The lowest BCUT2D eigenvalue weighted by atomic mass is 10.1. The van der Waals surface area contributed by atoms with Gasteiger partial charge >= 0.3 is 0 Å². The van der Waals surface area contributed by atoms with Crippen LogP contribution in [-0.4, -0.2) is 33.7 Å². The second-order valence-corrected chi connectivity index (χ2v) is 3.62. The van der Waals surface area contributed by atoms with E-state index < -0.39 is 11.7 Å². The number of nitrogens with two attached hydrogens (primary N) is 1. The Morgan fingerprint density at radius 1 is 1.39 bits per heavy atom. The van der Waals surface area contributed by atoms with E-state index in [-0.39, 0.29) is 17.1 Å². The summed E-state index contributed by atoms with van der Waals surface area (Å²) < 4.78 is 0. The smallest absolute Gasteiger partial charge is 0.255 e. The van der Waals surface area contributed by atoms with E-state index in [2.05, 4.69) is 10.5 Å². The van der Waals surface area contributed by atoms with Crippen molar-refractivity contribution >= 4 is 11.7 Å². The number of nitrogens with one attached hydrogen (secondary N) is 1. The Hall–Kier alpha value is -2.44. The molecule has 1 rings (SSSR count). The van der Waals surface area contributed by atoms with Crippen LogP contribution in [0.2, 0.25) is 0 Å². The van der Waals surface area contributed by atoms with E-state index in [9.17, 15) is 15.0 Å². The van der Waals surface area contributed by atoms with Crippen molar-refractivity contribution in [2.24, 2.45) is 10.9 Å². The molecule has 0 aliphatic rings. The lowest BCUT2D eigenvalue weighted by Gasteiger charge is -2.07. The highest BCUT2D eigenvalue weighted by Gasteiger charge is 2.12. The minimum Gasteiger partial charge on any atom is -0.504 e. The number of amides is 1. The van der Waals surface area contributed by atoms with Crippen LogP contribution in [0.4, 0.5) is 0 Å². The number of phenolic OH excluding ortho intramolecular Hbond substituents is 2. The maximum absolute atomic E-state index is 11.6. The quantitative estimate of drug-likeness (QED) is 0.129. The monoisotopic (exact) mass is 253 g/mol. The van der Waals surface area contributed by atoms with Crippen molar-refractivity contribution in [1.82, 2.24) is 5.32 Å². The van der Waals surface area contributed by atoms with E-state index >= 15 is 0 Å². The lowest BCUT2D eigenvalue weighted by molar-refractivity contribution is 0.0950. The van der Waals surface area contributed by atoms with E-state index in [1.165, 1.54) is 18.2 Å². The Morgan fingerprint density at radius 3 is 2.78 bits per heavy atom. The SMILES string of the molecule is N/C(CCCNC(=O)c1cccc(O)c1O)=N/O. The van der Waals surface area contributed by atoms with Gasteiger partial charge in [-0.15, -0.1) is 0 Å². The van der Waals surface area contributed by atoms with Crippen LogP contribution in [0.25, 0.3) is 0 Å². The Morgan fingerprint density at radius 2 is 2.11 bits per heavy atom. The summed E-state index contributed by atoms with van der Waals surface area (Å²) in [5.41, 5.74) is 5.26. The van der Waals surface area contributed by atoms with Gasteiger partial charge in [-0.1, -0.05) is 11.2 Å². The molecule has 0 heterocycles. The molecule has 1 aromatic rings. The molecule has 98 valence electrons. The van der Waals surface area contributed by atoms with Crippen LogP contribution in [0, 0.1) is 0 Å². The number of para-hydroxylation sites is 1. The largest absolute Gasteiger partial charge is 0.504 e. The minimum absolute atomic E-state index is 0.00111. The maximum atomic E-state index is 11.6. The lowest BCUT2D eigenvalue weighted by Crippen LogP contribution is -2.25. The third-order valence-electron chi connectivity index (χ3n) is 2.28. The summed E-state index contributed by atoms with van der Waals surface area (Å²) in [6, 6.07) is 4.14. The number of hydrogen-bond acceptors (Lipinski definition) is 5. The van der Waals surface area contributed by atoms with Crippen molar-refractivity contribution in [3.63, 3.8) is 0 Å². The average Bonchev–Trinajstić information content (AvgIpc) is 2.37. The van der Waals surface area contributed by atoms with Gasteiger partial charge in [-0.3, -0.25) is 4.79 Å². The van der Waals surface area contributed by atoms with Crippen molar-refractivity contribution in [2.75, 3.05) is 6.54 Å². The first-order valence-electron chi connectivity index (χ1n) is 5.31. The molecule has 0 unspecified atom stereocenters. The molecule has 1 aromatic carbocycles. The Kier molecular flexibility index (Phi) is 4.79. The number of oxime groups is 1. The number of rotatable bonds is 5. The number of hydrogen-bond donors (Lipinski definition) is 5. The number of amidine groups is 1. The molecular weight excluding hydrogens is 238 g/mol. The second kappa shape index (κ2) is 6.33. The van der Waals surface area contributed by atoms with Crippen molar-refractivity contribution in [1.29, 1.82) is 0 Å². The van der Waals surface area contributed by atoms with Gasteiger partial charge in [-0.2, -0.15) is 0 Å². The second-order valence-electron chi connectivity index (χ2n) is 3.62.